The third-order valence-electron chi connectivity index (χ3n) is 2.36. The zero-order chi connectivity index (χ0) is 12.3. The van der Waals surface area contributed by atoms with Crippen LogP contribution < -0.4 is 0 Å². The zero-order valence-corrected chi connectivity index (χ0v) is 8.61. The smallest absolute Gasteiger partial charge is 0.311 e. The molecule has 0 aliphatic heterocycles. The van der Waals surface area contributed by atoms with Gasteiger partial charge in [-0.1, -0.05) is 12.1 Å². The standard InChI is InChI=1S/C11H11FO4/c1-6-7(3-2-4-9(6)12)8(11(15)16)5-10(13)14/h2-4,8H,5H2,1H3,(H,13,14)(H,15,16). The molecule has 1 aromatic carbocycles. The summed E-state index contributed by atoms with van der Waals surface area (Å²) >= 11 is 0. The fourth-order valence-electron chi connectivity index (χ4n) is 1.51. The van der Waals surface area contributed by atoms with Crippen molar-refractivity contribution in [2.75, 3.05) is 0 Å². The maximum absolute atomic E-state index is 13.2. The average molecular weight is 226 g/mol. The van der Waals surface area contributed by atoms with Gasteiger partial charge in [-0.15, -0.1) is 0 Å². The van der Waals surface area contributed by atoms with Gasteiger partial charge in [0.25, 0.3) is 0 Å². The molecule has 0 radical (unpaired) electrons. The van der Waals surface area contributed by atoms with E-state index in [1.807, 2.05) is 0 Å². The van der Waals surface area contributed by atoms with E-state index in [1.165, 1.54) is 25.1 Å². The van der Waals surface area contributed by atoms with Crippen LogP contribution in [0.2, 0.25) is 0 Å². The van der Waals surface area contributed by atoms with E-state index < -0.39 is 30.1 Å². The molecule has 4 nitrogen and oxygen atoms in total. The molecule has 0 saturated carbocycles. The summed E-state index contributed by atoms with van der Waals surface area (Å²) in [6, 6.07) is 4.01. The van der Waals surface area contributed by atoms with Crippen LogP contribution >= 0.6 is 0 Å². The molecular formula is C11H11FO4. The summed E-state index contributed by atoms with van der Waals surface area (Å²) in [4.78, 5) is 21.4. The monoisotopic (exact) mass is 226 g/mol. The van der Waals surface area contributed by atoms with Gasteiger partial charge in [-0.25, -0.2) is 4.39 Å². The second-order valence-corrected chi connectivity index (χ2v) is 3.44. The summed E-state index contributed by atoms with van der Waals surface area (Å²) < 4.78 is 13.2. The van der Waals surface area contributed by atoms with Crippen molar-refractivity contribution in [3.05, 3.63) is 35.1 Å². The molecule has 86 valence electrons. The van der Waals surface area contributed by atoms with Crippen molar-refractivity contribution in [1.29, 1.82) is 0 Å². The van der Waals surface area contributed by atoms with E-state index in [9.17, 15) is 14.0 Å². The molecule has 0 spiro atoms. The van der Waals surface area contributed by atoms with Gasteiger partial charge in [-0.3, -0.25) is 9.59 Å². The van der Waals surface area contributed by atoms with E-state index in [0.717, 1.165) is 0 Å². The van der Waals surface area contributed by atoms with E-state index in [-0.39, 0.29) is 11.1 Å². The molecule has 2 N–H and O–H groups in total. The van der Waals surface area contributed by atoms with Gasteiger partial charge in [0.1, 0.15) is 5.82 Å². The molecule has 16 heavy (non-hydrogen) atoms. The minimum absolute atomic E-state index is 0.177. The molecule has 0 aliphatic rings. The van der Waals surface area contributed by atoms with Crippen LogP contribution in [0.15, 0.2) is 18.2 Å². The second-order valence-electron chi connectivity index (χ2n) is 3.44. The van der Waals surface area contributed by atoms with Gasteiger partial charge in [0.15, 0.2) is 0 Å². The lowest BCUT2D eigenvalue weighted by Gasteiger charge is -2.13. The van der Waals surface area contributed by atoms with Gasteiger partial charge in [0.05, 0.1) is 12.3 Å². The summed E-state index contributed by atoms with van der Waals surface area (Å²) in [5.41, 5.74) is 0.381. The predicted octanol–water partition coefficient (Wildman–Crippen LogP) is 1.78. The Morgan fingerprint density at radius 1 is 1.38 bits per heavy atom. The normalized spacial score (nSPS) is 12.1. The molecule has 1 unspecified atom stereocenters. The van der Waals surface area contributed by atoms with Crippen LogP contribution in [0.5, 0.6) is 0 Å². The molecule has 0 saturated heterocycles. The van der Waals surface area contributed by atoms with Crippen molar-refractivity contribution >= 4 is 11.9 Å². The number of carboxylic acid groups (broad SMARTS) is 2. The van der Waals surface area contributed by atoms with Crippen LogP contribution in [0.3, 0.4) is 0 Å². The number of carboxylic acids is 2. The first-order valence-corrected chi connectivity index (χ1v) is 4.63. The van der Waals surface area contributed by atoms with Crippen LogP contribution in [-0.2, 0) is 9.59 Å². The largest absolute Gasteiger partial charge is 0.481 e. The van der Waals surface area contributed by atoms with Gasteiger partial charge in [-0.2, -0.15) is 0 Å². The lowest BCUT2D eigenvalue weighted by molar-refractivity contribution is -0.145. The summed E-state index contributed by atoms with van der Waals surface area (Å²) in [6.45, 7) is 1.43. The fourth-order valence-corrected chi connectivity index (χ4v) is 1.51. The molecule has 0 aliphatic carbocycles. The van der Waals surface area contributed by atoms with Crippen molar-refractivity contribution in [3.8, 4) is 0 Å². The van der Waals surface area contributed by atoms with Gasteiger partial charge in [-0.05, 0) is 24.1 Å². The number of aliphatic carboxylic acids is 2. The SMILES string of the molecule is Cc1c(F)cccc1C(CC(=O)O)C(=O)O. The Labute approximate surface area is 91.3 Å². The highest BCUT2D eigenvalue weighted by Crippen LogP contribution is 2.25. The summed E-state index contributed by atoms with van der Waals surface area (Å²) in [7, 11) is 0. The van der Waals surface area contributed by atoms with Crippen molar-refractivity contribution in [2.45, 2.75) is 19.3 Å². The zero-order valence-electron chi connectivity index (χ0n) is 8.61. The average Bonchev–Trinajstić information content (AvgIpc) is 2.18. The van der Waals surface area contributed by atoms with Gasteiger partial charge < -0.3 is 10.2 Å². The number of halogens is 1. The van der Waals surface area contributed by atoms with Crippen LogP contribution in [0.4, 0.5) is 4.39 Å². The topological polar surface area (TPSA) is 74.6 Å². The maximum atomic E-state index is 13.2. The van der Waals surface area contributed by atoms with Crippen LogP contribution in [0.25, 0.3) is 0 Å². The second kappa shape index (κ2) is 4.74. The molecule has 5 heteroatoms. The Morgan fingerprint density at radius 3 is 2.50 bits per heavy atom. The third kappa shape index (κ3) is 2.56. The Kier molecular flexibility index (Phi) is 3.60. The summed E-state index contributed by atoms with van der Waals surface area (Å²) in [5, 5.41) is 17.5. The highest BCUT2D eigenvalue weighted by atomic mass is 19.1. The molecule has 1 atom stereocenters. The molecule has 1 aromatic rings. The minimum atomic E-state index is -1.27. The molecule has 0 bridgehead atoms. The molecule has 0 fully saturated rings. The first kappa shape index (κ1) is 12.2. The number of carbonyl (C=O) groups is 2. The quantitative estimate of drug-likeness (QED) is 0.820. The summed E-state index contributed by atoms with van der Waals surface area (Å²) in [5.74, 6) is -4.24. The Morgan fingerprint density at radius 2 is 2.00 bits per heavy atom. The molecule has 0 aromatic heterocycles. The van der Waals surface area contributed by atoms with Gasteiger partial charge in [0, 0.05) is 0 Å². The highest BCUT2D eigenvalue weighted by Gasteiger charge is 2.25. The Bertz CT molecular complexity index is 428. The third-order valence-corrected chi connectivity index (χ3v) is 2.36. The summed E-state index contributed by atoms with van der Waals surface area (Å²) in [6.07, 6.45) is -0.556. The molecule has 0 heterocycles. The lowest BCUT2D eigenvalue weighted by Crippen LogP contribution is -2.17. The van der Waals surface area contributed by atoms with E-state index >= 15 is 0 Å². The van der Waals surface area contributed by atoms with E-state index in [0.29, 0.717) is 0 Å². The first-order valence-electron chi connectivity index (χ1n) is 4.63. The molecule has 0 amide bonds. The van der Waals surface area contributed by atoms with E-state index in [4.69, 9.17) is 10.2 Å². The van der Waals surface area contributed by atoms with Gasteiger partial charge >= 0.3 is 11.9 Å². The highest BCUT2D eigenvalue weighted by molar-refractivity contribution is 5.82. The van der Waals surface area contributed by atoms with E-state index in [2.05, 4.69) is 0 Å². The van der Waals surface area contributed by atoms with Crippen molar-refractivity contribution in [3.63, 3.8) is 0 Å². The number of hydrogen-bond donors (Lipinski definition) is 2. The van der Waals surface area contributed by atoms with E-state index in [1.54, 1.807) is 0 Å². The Hall–Kier alpha value is -1.91. The molecule has 1 rings (SSSR count). The predicted molar refractivity (Wildman–Crippen MR) is 53.8 cm³/mol. The van der Waals surface area contributed by atoms with Gasteiger partial charge in [0.2, 0.25) is 0 Å². The number of benzene rings is 1. The lowest BCUT2D eigenvalue weighted by atomic mass is 9.92. The van der Waals surface area contributed by atoms with Crippen molar-refractivity contribution in [2.24, 2.45) is 0 Å². The van der Waals surface area contributed by atoms with Crippen molar-refractivity contribution < 1.29 is 24.2 Å². The Balaban J connectivity index is 3.16. The molecular weight excluding hydrogens is 215 g/mol. The van der Waals surface area contributed by atoms with Crippen LogP contribution in [0, 0.1) is 12.7 Å². The number of hydrogen-bond acceptors (Lipinski definition) is 2. The minimum Gasteiger partial charge on any atom is -0.481 e. The number of rotatable bonds is 4. The maximum Gasteiger partial charge on any atom is 0.311 e. The van der Waals surface area contributed by atoms with Crippen LogP contribution in [-0.4, -0.2) is 22.2 Å². The van der Waals surface area contributed by atoms with Crippen molar-refractivity contribution in [1.82, 2.24) is 0 Å². The first-order chi connectivity index (χ1) is 7.43. The fraction of sp³-hybridized carbons (Fsp3) is 0.273. The van der Waals surface area contributed by atoms with Crippen LogP contribution in [0.1, 0.15) is 23.5 Å².